The second-order valence-electron chi connectivity index (χ2n) is 7.02. The molecular weight excluding hydrogens is 486 g/mol. The lowest BCUT2D eigenvalue weighted by molar-refractivity contribution is -0.114. The molecule has 0 aliphatic carbocycles. The number of anilines is 1. The summed E-state index contributed by atoms with van der Waals surface area (Å²) >= 11 is 9.54. The molecule has 10 heteroatoms. The van der Waals surface area contributed by atoms with Gasteiger partial charge in [0, 0.05) is 16.3 Å². The summed E-state index contributed by atoms with van der Waals surface area (Å²) in [5.74, 6) is 1.46. The SMILES string of the molecule is COc1cc(C2C(C(C)=O)=C(C)Nc3nnnn32)cc(Br)c1OCc1ccc(Cl)cc1. The van der Waals surface area contributed by atoms with E-state index in [2.05, 4.69) is 36.8 Å². The lowest BCUT2D eigenvalue weighted by atomic mass is 9.93. The average molecular weight is 505 g/mol. The lowest BCUT2D eigenvalue weighted by Gasteiger charge is -2.28. The van der Waals surface area contributed by atoms with Crippen LogP contribution in [0.15, 0.2) is 52.1 Å². The number of ketones is 1. The zero-order valence-electron chi connectivity index (χ0n) is 17.0. The topological polar surface area (TPSA) is 91.2 Å². The number of aromatic nitrogens is 4. The molecule has 0 bridgehead atoms. The summed E-state index contributed by atoms with van der Waals surface area (Å²) in [6.07, 6.45) is 0. The van der Waals surface area contributed by atoms with E-state index in [4.69, 9.17) is 21.1 Å². The maximum absolute atomic E-state index is 12.5. The number of carbonyl (C=O) groups is 1. The number of hydrogen-bond acceptors (Lipinski definition) is 7. The molecule has 2 aromatic carbocycles. The van der Waals surface area contributed by atoms with Gasteiger partial charge in [0.1, 0.15) is 12.6 Å². The van der Waals surface area contributed by atoms with E-state index < -0.39 is 6.04 Å². The van der Waals surface area contributed by atoms with Crippen LogP contribution in [0.25, 0.3) is 0 Å². The minimum atomic E-state index is -0.501. The summed E-state index contributed by atoms with van der Waals surface area (Å²) < 4.78 is 13.9. The zero-order valence-corrected chi connectivity index (χ0v) is 19.4. The van der Waals surface area contributed by atoms with E-state index in [1.807, 2.05) is 43.3 Å². The average Bonchev–Trinajstić information content (AvgIpc) is 3.20. The molecule has 1 N–H and O–H groups in total. The van der Waals surface area contributed by atoms with Gasteiger partial charge in [-0.25, -0.2) is 0 Å². The molecule has 1 atom stereocenters. The first-order valence-electron chi connectivity index (χ1n) is 9.40. The normalized spacial score (nSPS) is 15.3. The van der Waals surface area contributed by atoms with Gasteiger partial charge in [-0.3, -0.25) is 4.79 Å². The molecule has 8 nitrogen and oxygen atoms in total. The molecule has 0 spiro atoms. The first kappa shape index (κ1) is 21.3. The van der Waals surface area contributed by atoms with E-state index >= 15 is 0 Å². The number of methoxy groups -OCH3 is 1. The van der Waals surface area contributed by atoms with Crippen molar-refractivity contribution in [3.8, 4) is 11.5 Å². The van der Waals surface area contributed by atoms with Crippen LogP contribution in [0, 0.1) is 0 Å². The summed E-state index contributed by atoms with van der Waals surface area (Å²) in [4.78, 5) is 12.5. The van der Waals surface area contributed by atoms with Gasteiger partial charge in [0.25, 0.3) is 0 Å². The van der Waals surface area contributed by atoms with Crippen molar-refractivity contribution in [3.63, 3.8) is 0 Å². The Hall–Kier alpha value is -2.91. The van der Waals surface area contributed by atoms with Crippen LogP contribution in [0.1, 0.15) is 31.0 Å². The zero-order chi connectivity index (χ0) is 22.1. The number of rotatable bonds is 6. The number of Topliss-reactive ketones (excluding diaryl/α,β-unsaturated/α-hetero) is 1. The second kappa shape index (κ2) is 8.68. The highest BCUT2D eigenvalue weighted by molar-refractivity contribution is 9.10. The number of nitrogens with one attached hydrogen (secondary N) is 1. The number of hydrogen-bond donors (Lipinski definition) is 1. The Balaban J connectivity index is 1.72. The highest BCUT2D eigenvalue weighted by atomic mass is 79.9. The molecule has 0 saturated heterocycles. The van der Waals surface area contributed by atoms with E-state index in [0.717, 1.165) is 11.1 Å². The van der Waals surface area contributed by atoms with Crippen LogP contribution < -0.4 is 14.8 Å². The van der Waals surface area contributed by atoms with Crippen molar-refractivity contribution in [2.75, 3.05) is 12.4 Å². The van der Waals surface area contributed by atoms with Crippen LogP contribution in [0.3, 0.4) is 0 Å². The standard InChI is InChI=1S/C21H19BrClN5O3/c1-11-18(12(2)29)19(28-21(24-11)25-26-27-28)14-8-16(22)20(17(9-14)30-3)31-10-13-4-6-15(23)7-5-13/h4-9,19H,10H2,1-3H3,(H,24,25,27). The van der Waals surface area contributed by atoms with Crippen LogP contribution in [0.4, 0.5) is 5.95 Å². The molecule has 2 heterocycles. The predicted molar refractivity (Wildman–Crippen MR) is 119 cm³/mol. The summed E-state index contributed by atoms with van der Waals surface area (Å²) in [6, 6.07) is 10.6. The quantitative estimate of drug-likeness (QED) is 0.526. The third-order valence-electron chi connectivity index (χ3n) is 4.96. The van der Waals surface area contributed by atoms with Gasteiger partial charge >= 0.3 is 0 Å². The van der Waals surface area contributed by atoms with Crippen molar-refractivity contribution >= 4 is 39.3 Å². The third-order valence-corrected chi connectivity index (χ3v) is 5.80. The Morgan fingerprint density at radius 1 is 1.29 bits per heavy atom. The predicted octanol–water partition coefficient (Wildman–Crippen LogP) is 4.55. The summed E-state index contributed by atoms with van der Waals surface area (Å²) in [5, 5.41) is 15.6. The van der Waals surface area contributed by atoms with E-state index in [-0.39, 0.29) is 5.78 Å². The highest BCUT2D eigenvalue weighted by Crippen LogP contribution is 2.42. The van der Waals surface area contributed by atoms with Crippen LogP contribution in [-0.4, -0.2) is 33.1 Å². The van der Waals surface area contributed by atoms with Gasteiger partial charge in [0.05, 0.1) is 11.6 Å². The third kappa shape index (κ3) is 4.15. The molecule has 3 aromatic rings. The highest BCUT2D eigenvalue weighted by Gasteiger charge is 2.33. The largest absolute Gasteiger partial charge is 0.493 e. The van der Waals surface area contributed by atoms with Crippen molar-refractivity contribution < 1.29 is 14.3 Å². The van der Waals surface area contributed by atoms with Gasteiger partial charge in [-0.1, -0.05) is 28.8 Å². The van der Waals surface area contributed by atoms with E-state index in [0.29, 0.717) is 44.8 Å². The summed E-state index contributed by atoms with van der Waals surface area (Å²) in [7, 11) is 1.57. The maximum atomic E-state index is 12.5. The first-order valence-corrected chi connectivity index (χ1v) is 10.6. The molecule has 0 amide bonds. The van der Waals surface area contributed by atoms with Gasteiger partial charge in [-0.05, 0) is 75.6 Å². The fourth-order valence-corrected chi connectivity index (χ4v) is 4.25. The lowest BCUT2D eigenvalue weighted by Crippen LogP contribution is -2.28. The van der Waals surface area contributed by atoms with Crippen LogP contribution in [-0.2, 0) is 11.4 Å². The van der Waals surface area contributed by atoms with E-state index in [1.54, 1.807) is 11.8 Å². The molecule has 31 heavy (non-hydrogen) atoms. The molecular formula is C21H19BrClN5O3. The van der Waals surface area contributed by atoms with Crippen molar-refractivity contribution in [3.05, 3.63) is 68.3 Å². The van der Waals surface area contributed by atoms with Gasteiger partial charge in [-0.2, -0.15) is 4.68 Å². The van der Waals surface area contributed by atoms with Gasteiger partial charge < -0.3 is 14.8 Å². The molecule has 160 valence electrons. The van der Waals surface area contributed by atoms with Crippen molar-refractivity contribution in [2.45, 2.75) is 26.5 Å². The molecule has 0 saturated carbocycles. The van der Waals surface area contributed by atoms with E-state index in [9.17, 15) is 4.79 Å². The Bertz CT molecular complexity index is 1180. The minimum absolute atomic E-state index is 0.0747. The molecule has 0 radical (unpaired) electrons. The second-order valence-corrected chi connectivity index (χ2v) is 8.31. The Labute approximate surface area is 192 Å². The summed E-state index contributed by atoms with van der Waals surface area (Å²) in [6.45, 7) is 3.70. The van der Waals surface area contributed by atoms with E-state index in [1.165, 1.54) is 6.92 Å². The smallest absolute Gasteiger partial charge is 0.248 e. The number of benzene rings is 2. The van der Waals surface area contributed by atoms with Crippen LogP contribution in [0.5, 0.6) is 11.5 Å². The summed E-state index contributed by atoms with van der Waals surface area (Å²) in [5.41, 5.74) is 3.03. The number of tetrazole rings is 1. The molecule has 1 aliphatic heterocycles. The molecule has 1 unspecified atom stereocenters. The van der Waals surface area contributed by atoms with Gasteiger partial charge in [0.15, 0.2) is 17.3 Å². The number of fused-ring (bicyclic) bond motifs is 1. The number of ether oxygens (including phenoxy) is 2. The van der Waals surface area contributed by atoms with Crippen molar-refractivity contribution in [2.24, 2.45) is 0 Å². The Kier molecular flexibility index (Phi) is 5.97. The number of allylic oxidation sites excluding steroid dienone is 2. The van der Waals surface area contributed by atoms with Gasteiger partial charge in [-0.15, -0.1) is 0 Å². The Morgan fingerprint density at radius 2 is 2.03 bits per heavy atom. The van der Waals surface area contributed by atoms with Crippen LogP contribution >= 0.6 is 27.5 Å². The molecule has 1 aromatic heterocycles. The maximum Gasteiger partial charge on any atom is 0.248 e. The molecule has 4 rings (SSSR count). The Morgan fingerprint density at radius 3 is 2.71 bits per heavy atom. The first-order chi connectivity index (χ1) is 14.9. The number of carbonyl (C=O) groups excluding carboxylic acids is 1. The van der Waals surface area contributed by atoms with Gasteiger partial charge in [0.2, 0.25) is 5.95 Å². The van der Waals surface area contributed by atoms with Crippen molar-refractivity contribution in [1.29, 1.82) is 0 Å². The molecule has 0 fully saturated rings. The van der Waals surface area contributed by atoms with Crippen LogP contribution in [0.2, 0.25) is 5.02 Å². The minimum Gasteiger partial charge on any atom is -0.493 e. The molecule has 1 aliphatic rings. The van der Waals surface area contributed by atoms with Crippen molar-refractivity contribution in [1.82, 2.24) is 20.2 Å². The number of nitrogens with zero attached hydrogens (tertiary/aromatic N) is 4. The number of halogens is 2. The monoisotopic (exact) mass is 503 g/mol. The fraction of sp³-hybridized carbons (Fsp3) is 0.238. The fourth-order valence-electron chi connectivity index (χ4n) is 3.55.